The van der Waals surface area contributed by atoms with Crippen LogP contribution in [0, 0.1) is 0 Å². The van der Waals surface area contributed by atoms with Crippen molar-refractivity contribution in [3.63, 3.8) is 0 Å². The van der Waals surface area contributed by atoms with Gasteiger partial charge in [0.25, 0.3) is 0 Å². The number of aliphatic hydroxyl groups is 1. The molecule has 0 aromatic heterocycles. The number of aliphatic hydroxyl groups excluding tert-OH is 1. The first-order valence-corrected chi connectivity index (χ1v) is 5.60. The highest BCUT2D eigenvalue weighted by molar-refractivity contribution is 9.10. The molecule has 3 heteroatoms. The number of rotatable bonds is 2. The second kappa shape index (κ2) is 3.55. The summed E-state index contributed by atoms with van der Waals surface area (Å²) < 4.78 is 1.09. The minimum absolute atomic E-state index is 0.0881. The van der Waals surface area contributed by atoms with Crippen LogP contribution >= 0.6 is 15.9 Å². The van der Waals surface area contributed by atoms with E-state index in [9.17, 15) is 0 Å². The van der Waals surface area contributed by atoms with E-state index >= 15 is 0 Å². The van der Waals surface area contributed by atoms with Crippen LogP contribution in [0.3, 0.4) is 0 Å². The lowest BCUT2D eigenvalue weighted by Crippen LogP contribution is -2.25. The van der Waals surface area contributed by atoms with Crippen molar-refractivity contribution >= 4 is 21.6 Å². The van der Waals surface area contributed by atoms with Gasteiger partial charge in [0, 0.05) is 28.7 Å². The Hall–Kier alpha value is -0.540. The molecule has 14 heavy (non-hydrogen) atoms. The first-order chi connectivity index (χ1) is 6.65. The highest BCUT2D eigenvalue weighted by Gasteiger charge is 2.33. The van der Waals surface area contributed by atoms with E-state index in [0.29, 0.717) is 0 Å². The van der Waals surface area contributed by atoms with Gasteiger partial charge in [-0.3, -0.25) is 0 Å². The maximum Gasteiger partial charge on any atom is 0.0440 e. The molecule has 0 saturated heterocycles. The highest BCUT2D eigenvalue weighted by atomic mass is 79.9. The SMILES string of the molecule is CC1(CCO)CNc2cc(Br)ccc21. The minimum Gasteiger partial charge on any atom is -0.396 e. The van der Waals surface area contributed by atoms with Crippen molar-refractivity contribution in [2.75, 3.05) is 18.5 Å². The van der Waals surface area contributed by atoms with Crippen LogP contribution in [-0.4, -0.2) is 18.3 Å². The summed E-state index contributed by atoms with van der Waals surface area (Å²) in [6.07, 6.45) is 0.814. The molecular formula is C11H14BrNO. The van der Waals surface area contributed by atoms with Crippen LogP contribution in [0.4, 0.5) is 5.69 Å². The van der Waals surface area contributed by atoms with E-state index < -0.39 is 0 Å². The maximum absolute atomic E-state index is 9.04. The predicted octanol–water partition coefficient (Wildman–Crippen LogP) is 2.51. The minimum atomic E-state index is 0.0881. The number of hydrogen-bond donors (Lipinski definition) is 2. The summed E-state index contributed by atoms with van der Waals surface area (Å²) >= 11 is 3.45. The molecule has 1 unspecified atom stereocenters. The molecule has 0 aliphatic carbocycles. The summed E-state index contributed by atoms with van der Waals surface area (Å²) in [4.78, 5) is 0. The maximum atomic E-state index is 9.04. The number of halogens is 1. The molecule has 76 valence electrons. The molecule has 2 N–H and O–H groups in total. The smallest absolute Gasteiger partial charge is 0.0440 e. The normalized spacial score (nSPS) is 24.5. The van der Waals surface area contributed by atoms with Crippen molar-refractivity contribution in [3.8, 4) is 0 Å². The molecule has 1 aromatic carbocycles. The van der Waals surface area contributed by atoms with Crippen molar-refractivity contribution in [2.24, 2.45) is 0 Å². The summed E-state index contributed by atoms with van der Waals surface area (Å²) in [6.45, 7) is 3.35. The van der Waals surface area contributed by atoms with Gasteiger partial charge >= 0.3 is 0 Å². The molecule has 0 spiro atoms. The molecular weight excluding hydrogens is 242 g/mol. The average molecular weight is 256 g/mol. The zero-order valence-corrected chi connectivity index (χ0v) is 9.76. The van der Waals surface area contributed by atoms with Crippen molar-refractivity contribution in [1.29, 1.82) is 0 Å². The standard InChI is InChI=1S/C11H14BrNO/c1-11(4-5-14)7-13-10-6-8(12)2-3-9(10)11/h2-3,6,13-14H,4-5,7H2,1H3. The Morgan fingerprint density at radius 2 is 2.36 bits per heavy atom. The first kappa shape index (κ1) is 9.99. The Bertz CT molecular complexity index is 353. The number of benzene rings is 1. The van der Waals surface area contributed by atoms with Gasteiger partial charge in [-0.15, -0.1) is 0 Å². The fourth-order valence-corrected chi connectivity index (χ4v) is 2.41. The van der Waals surface area contributed by atoms with Crippen molar-refractivity contribution in [2.45, 2.75) is 18.8 Å². The second-order valence-electron chi connectivity index (χ2n) is 4.08. The van der Waals surface area contributed by atoms with Crippen molar-refractivity contribution in [1.82, 2.24) is 0 Å². The van der Waals surface area contributed by atoms with Gasteiger partial charge in [-0.05, 0) is 24.1 Å². The van der Waals surface area contributed by atoms with E-state index in [1.54, 1.807) is 0 Å². The van der Waals surface area contributed by atoms with Crippen LogP contribution in [0.25, 0.3) is 0 Å². The zero-order chi connectivity index (χ0) is 10.2. The largest absolute Gasteiger partial charge is 0.396 e. The molecule has 0 amide bonds. The van der Waals surface area contributed by atoms with Crippen molar-refractivity contribution in [3.05, 3.63) is 28.2 Å². The molecule has 0 fully saturated rings. The van der Waals surface area contributed by atoms with E-state index in [2.05, 4.69) is 46.4 Å². The second-order valence-corrected chi connectivity index (χ2v) is 4.99. The van der Waals surface area contributed by atoms with Crippen molar-refractivity contribution < 1.29 is 5.11 Å². The molecule has 1 aliphatic heterocycles. The Morgan fingerprint density at radius 3 is 3.07 bits per heavy atom. The molecule has 1 aromatic rings. The van der Waals surface area contributed by atoms with Crippen LogP contribution in [-0.2, 0) is 5.41 Å². The fraction of sp³-hybridized carbons (Fsp3) is 0.455. The lowest BCUT2D eigenvalue weighted by Gasteiger charge is -2.22. The van der Waals surface area contributed by atoms with Gasteiger partial charge in [0.15, 0.2) is 0 Å². The Balaban J connectivity index is 2.39. The third-order valence-corrected chi connectivity index (χ3v) is 3.46. The fourth-order valence-electron chi connectivity index (χ4n) is 2.04. The van der Waals surface area contributed by atoms with E-state index in [0.717, 1.165) is 17.4 Å². The van der Waals surface area contributed by atoms with Crippen LogP contribution in [0.1, 0.15) is 18.9 Å². The van der Waals surface area contributed by atoms with Crippen LogP contribution in [0.2, 0.25) is 0 Å². The zero-order valence-electron chi connectivity index (χ0n) is 8.18. The predicted molar refractivity (Wildman–Crippen MR) is 61.7 cm³/mol. The quantitative estimate of drug-likeness (QED) is 0.852. The molecule has 1 heterocycles. The van der Waals surface area contributed by atoms with E-state index in [1.165, 1.54) is 11.3 Å². The van der Waals surface area contributed by atoms with Gasteiger partial charge in [0.05, 0.1) is 0 Å². The number of anilines is 1. The summed E-state index contributed by atoms with van der Waals surface area (Å²) in [5.74, 6) is 0. The summed E-state index contributed by atoms with van der Waals surface area (Å²) in [5.41, 5.74) is 2.59. The Morgan fingerprint density at radius 1 is 1.57 bits per heavy atom. The van der Waals surface area contributed by atoms with Crippen LogP contribution in [0.15, 0.2) is 22.7 Å². The molecule has 2 rings (SSSR count). The van der Waals surface area contributed by atoms with E-state index in [4.69, 9.17) is 5.11 Å². The van der Waals surface area contributed by atoms with Gasteiger partial charge in [-0.2, -0.15) is 0 Å². The lowest BCUT2D eigenvalue weighted by molar-refractivity contribution is 0.252. The lowest BCUT2D eigenvalue weighted by atomic mass is 9.82. The number of nitrogens with one attached hydrogen (secondary N) is 1. The molecule has 1 atom stereocenters. The molecule has 0 saturated carbocycles. The van der Waals surface area contributed by atoms with Crippen LogP contribution in [0.5, 0.6) is 0 Å². The van der Waals surface area contributed by atoms with E-state index in [1.807, 2.05) is 0 Å². The van der Waals surface area contributed by atoms with Gasteiger partial charge < -0.3 is 10.4 Å². The molecule has 0 radical (unpaired) electrons. The highest BCUT2D eigenvalue weighted by Crippen LogP contribution is 2.39. The average Bonchev–Trinajstić information content (AvgIpc) is 2.44. The monoisotopic (exact) mass is 255 g/mol. The Kier molecular flexibility index (Phi) is 2.54. The van der Waals surface area contributed by atoms with Gasteiger partial charge in [-0.25, -0.2) is 0 Å². The third-order valence-electron chi connectivity index (χ3n) is 2.96. The summed E-state index contributed by atoms with van der Waals surface area (Å²) in [7, 11) is 0. The molecule has 0 bridgehead atoms. The molecule has 2 nitrogen and oxygen atoms in total. The van der Waals surface area contributed by atoms with Gasteiger partial charge in [0.2, 0.25) is 0 Å². The van der Waals surface area contributed by atoms with Gasteiger partial charge in [0.1, 0.15) is 0 Å². The number of hydrogen-bond acceptors (Lipinski definition) is 2. The van der Waals surface area contributed by atoms with Gasteiger partial charge in [-0.1, -0.05) is 28.9 Å². The van der Waals surface area contributed by atoms with E-state index in [-0.39, 0.29) is 12.0 Å². The summed E-state index contributed by atoms with van der Waals surface area (Å²) in [6, 6.07) is 6.29. The summed E-state index contributed by atoms with van der Waals surface area (Å²) in [5, 5.41) is 12.4. The molecule has 1 aliphatic rings. The van der Waals surface area contributed by atoms with Crippen LogP contribution < -0.4 is 5.32 Å². The topological polar surface area (TPSA) is 32.3 Å². The number of fused-ring (bicyclic) bond motifs is 1. The Labute approximate surface area is 92.5 Å². The first-order valence-electron chi connectivity index (χ1n) is 4.80. The third kappa shape index (κ3) is 1.55.